The van der Waals surface area contributed by atoms with Gasteiger partial charge in [-0.3, -0.25) is 9.36 Å². The number of nitrogens with zero attached hydrogens (tertiary/aromatic N) is 3. The Morgan fingerprint density at radius 2 is 2.03 bits per heavy atom. The summed E-state index contributed by atoms with van der Waals surface area (Å²) in [5.74, 6) is 0. The standard InChI is InChI=1S/C26H36N4OS/c1-26(2,17-29(3)4)16-27-20-12-13-21-22(15-20)32-24-23(21)25(31)30(18-28-24)14-8-11-19-9-6-5-7-10-19/h5-7,9-10,18,20,27H,8,11-17H2,1-4H3. The molecule has 0 aliphatic heterocycles. The fraction of sp³-hybridized carbons (Fsp3) is 0.538. The minimum Gasteiger partial charge on any atom is -0.313 e. The molecule has 4 rings (SSSR count). The lowest BCUT2D eigenvalue weighted by Gasteiger charge is -2.32. The van der Waals surface area contributed by atoms with Crippen LogP contribution in [0.25, 0.3) is 10.2 Å². The van der Waals surface area contributed by atoms with Crippen LogP contribution < -0.4 is 10.9 Å². The summed E-state index contributed by atoms with van der Waals surface area (Å²) in [7, 11) is 4.26. The summed E-state index contributed by atoms with van der Waals surface area (Å²) in [6, 6.07) is 10.9. The molecule has 2 heterocycles. The van der Waals surface area contributed by atoms with Crippen LogP contribution in [0, 0.1) is 5.41 Å². The van der Waals surface area contributed by atoms with Crippen LogP contribution in [-0.2, 0) is 25.8 Å². The molecule has 2 aromatic heterocycles. The van der Waals surface area contributed by atoms with Crippen LogP contribution in [0.5, 0.6) is 0 Å². The second-order valence-corrected chi connectivity index (χ2v) is 11.3. The smallest absolute Gasteiger partial charge is 0.262 e. The van der Waals surface area contributed by atoms with Gasteiger partial charge in [0.1, 0.15) is 4.83 Å². The highest BCUT2D eigenvalue weighted by Gasteiger charge is 2.27. The summed E-state index contributed by atoms with van der Waals surface area (Å²) < 4.78 is 1.81. The van der Waals surface area contributed by atoms with Gasteiger partial charge < -0.3 is 10.2 Å². The van der Waals surface area contributed by atoms with Gasteiger partial charge in [-0.25, -0.2) is 4.98 Å². The Morgan fingerprint density at radius 3 is 2.78 bits per heavy atom. The molecule has 0 saturated carbocycles. The van der Waals surface area contributed by atoms with E-state index in [0.717, 1.165) is 55.4 Å². The van der Waals surface area contributed by atoms with E-state index in [2.05, 4.69) is 67.4 Å². The SMILES string of the molecule is CN(C)CC(C)(C)CNC1CCc2c(sc3ncn(CCCc4ccccc4)c(=O)c23)C1. The lowest BCUT2D eigenvalue weighted by molar-refractivity contribution is 0.222. The highest BCUT2D eigenvalue weighted by molar-refractivity contribution is 7.18. The monoisotopic (exact) mass is 452 g/mol. The van der Waals surface area contributed by atoms with Crippen molar-refractivity contribution in [3.63, 3.8) is 0 Å². The second kappa shape index (κ2) is 9.86. The van der Waals surface area contributed by atoms with E-state index in [1.165, 1.54) is 16.0 Å². The number of thiophene rings is 1. The van der Waals surface area contributed by atoms with Crippen molar-refractivity contribution in [3.05, 3.63) is 63.0 Å². The van der Waals surface area contributed by atoms with Crippen LogP contribution >= 0.6 is 11.3 Å². The lowest BCUT2D eigenvalue weighted by atomic mass is 9.89. The van der Waals surface area contributed by atoms with Crippen molar-refractivity contribution in [2.75, 3.05) is 27.2 Å². The first-order chi connectivity index (χ1) is 15.3. The maximum atomic E-state index is 13.3. The fourth-order valence-electron chi connectivity index (χ4n) is 4.97. The molecular formula is C26H36N4OS. The average molecular weight is 453 g/mol. The molecule has 0 bridgehead atoms. The Morgan fingerprint density at radius 1 is 1.25 bits per heavy atom. The van der Waals surface area contributed by atoms with Crippen LogP contribution in [0.2, 0.25) is 0 Å². The molecule has 0 amide bonds. The Bertz CT molecular complexity index is 1100. The average Bonchev–Trinajstić information content (AvgIpc) is 3.12. The van der Waals surface area contributed by atoms with Crippen LogP contribution in [0.15, 0.2) is 41.5 Å². The molecule has 172 valence electrons. The molecule has 0 fully saturated rings. The van der Waals surface area contributed by atoms with Gasteiger partial charge in [0.05, 0.1) is 11.7 Å². The molecule has 32 heavy (non-hydrogen) atoms. The minimum absolute atomic E-state index is 0.138. The van der Waals surface area contributed by atoms with Crippen LogP contribution in [0.1, 0.15) is 42.7 Å². The van der Waals surface area contributed by atoms with Gasteiger partial charge in [-0.15, -0.1) is 11.3 Å². The summed E-state index contributed by atoms with van der Waals surface area (Å²) in [5, 5.41) is 4.67. The third kappa shape index (κ3) is 5.48. The van der Waals surface area contributed by atoms with E-state index in [0.29, 0.717) is 12.6 Å². The maximum absolute atomic E-state index is 13.3. The predicted octanol–water partition coefficient (Wildman–Crippen LogP) is 4.13. The summed E-state index contributed by atoms with van der Waals surface area (Å²) in [6.45, 7) is 7.42. The van der Waals surface area contributed by atoms with Crippen LogP contribution in [0.4, 0.5) is 0 Å². The first-order valence-electron chi connectivity index (χ1n) is 11.7. The maximum Gasteiger partial charge on any atom is 0.262 e. The fourth-order valence-corrected chi connectivity index (χ4v) is 6.22. The zero-order valence-corrected chi connectivity index (χ0v) is 20.7. The van der Waals surface area contributed by atoms with E-state index >= 15 is 0 Å². The molecule has 0 spiro atoms. The van der Waals surface area contributed by atoms with Crippen molar-refractivity contribution in [3.8, 4) is 0 Å². The van der Waals surface area contributed by atoms with Crippen LogP contribution in [0.3, 0.4) is 0 Å². The van der Waals surface area contributed by atoms with Gasteiger partial charge in [0.25, 0.3) is 5.56 Å². The predicted molar refractivity (Wildman–Crippen MR) is 135 cm³/mol. The molecule has 1 N–H and O–H groups in total. The Kier molecular flexibility index (Phi) is 7.13. The molecule has 0 saturated heterocycles. The highest BCUT2D eigenvalue weighted by Crippen LogP contribution is 2.34. The number of rotatable bonds is 9. The minimum atomic E-state index is 0.138. The van der Waals surface area contributed by atoms with E-state index in [1.54, 1.807) is 17.7 Å². The molecule has 1 aliphatic carbocycles. The first-order valence-corrected chi connectivity index (χ1v) is 12.6. The molecular weight excluding hydrogens is 416 g/mol. The van der Waals surface area contributed by atoms with Gasteiger partial charge in [0.15, 0.2) is 0 Å². The lowest BCUT2D eigenvalue weighted by Crippen LogP contribution is -2.43. The number of fused-ring (bicyclic) bond motifs is 3. The van der Waals surface area contributed by atoms with E-state index in [1.807, 2.05) is 10.6 Å². The van der Waals surface area contributed by atoms with Crippen molar-refractivity contribution in [1.82, 2.24) is 19.8 Å². The zero-order valence-electron chi connectivity index (χ0n) is 19.9. The molecule has 1 unspecified atom stereocenters. The molecule has 1 aliphatic rings. The van der Waals surface area contributed by atoms with Crippen molar-refractivity contribution in [2.45, 2.75) is 58.5 Å². The van der Waals surface area contributed by atoms with Crippen LogP contribution in [-0.4, -0.2) is 47.7 Å². The number of nitrogens with one attached hydrogen (secondary N) is 1. The Labute approximate surface area is 195 Å². The second-order valence-electron chi connectivity index (χ2n) is 10.2. The summed E-state index contributed by atoms with van der Waals surface area (Å²) in [4.78, 5) is 22.4. The van der Waals surface area contributed by atoms with Crippen molar-refractivity contribution < 1.29 is 0 Å². The molecule has 6 heteroatoms. The van der Waals surface area contributed by atoms with Crippen molar-refractivity contribution >= 4 is 21.6 Å². The first kappa shape index (κ1) is 23.1. The number of hydrogen-bond donors (Lipinski definition) is 1. The normalized spacial score (nSPS) is 16.6. The molecule has 3 aromatic rings. The zero-order chi connectivity index (χ0) is 22.7. The number of hydrogen-bond acceptors (Lipinski definition) is 5. The number of benzene rings is 1. The molecule has 1 atom stereocenters. The Balaban J connectivity index is 1.43. The highest BCUT2D eigenvalue weighted by atomic mass is 32.1. The largest absolute Gasteiger partial charge is 0.313 e. The summed E-state index contributed by atoms with van der Waals surface area (Å²) in [5.41, 5.74) is 2.94. The molecule has 0 radical (unpaired) electrons. The van der Waals surface area contributed by atoms with Gasteiger partial charge in [-0.2, -0.15) is 0 Å². The van der Waals surface area contributed by atoms with Gasteiger partial charge >= 0.3 is 0 Å². The van der Waals surface area contributed by atoms with Gasteiger partial charge in [-0.05, 0) is 62.7 Å². The van der Waals surface area contributed by atoms with Gasteiger partial charge in [0, 0.05) is 30.6 Å². The third-order valence-electron chi connectivity index (χ3n) is 6.36. The molecule has 5 nitrogen and oxygen atoms in total. The number of aryl methyl sites for hydroxylation is 3. The van der Waals surface area contributed by atoms with Gasteiger partial charge in [0.2, 0.25) is 0 Å². The van der Waals surface area contributed by atoms with Gasteiger partial charge in [-0.1, -0.05) is 44.2 Å². The topological polar surface area (TPSA) is 50.2 Å². The van der Waals surface area contributed by atoms with E-state index < -0.39 is 0 Å². The third-order valence-corrected chi connectivity index (χ3v) is 7.52. The van der Waals surface area contributed by atoms with E-state index in [4.69, 9.17) is 0 Å². The van der Waals surface area contributed by atoms with Crippen molar-refractivity contribution in [1.29, 1.82) is 0 Å². The Hall–Kier alpha value is -2.02. The van der Waals surface area contributed by atoms with E-state index in [-0.39, 0.29) is 11.0 Å². The number of aromatic nitrogens is 2. The summed E-state index contributed by atoms with van der Waals surface area (Å²) >= 11 is 1.72. The van der Waals surface area contributed by atoms with E-state index in [9.17, 15) is 4.79 Å². The quantitative estimate of drug-likeness (QED) is 0.530. The van der Waals surface area contributed by atoms with Crippen molar-refractivity contribution in [2.24, 2.45) is 5.41 Å². The summed E-state index contributed by atoms with van der Waals surface area (Å²) in [6.07, 6.45) is 6.72. The molecule has 1 aromatic carbocycles.